The van der Waals surface area contributed by atoms with Gasteiger partial charge in [-0.2, -0.15) is 0 Å². The zero-order valence-corrected chi connectivity index (χ0v) is 17.0. The van der Waals surface area contributed by atoms with Gasteiger partial charge < -0.3 is 5.32 Å². The highest BCUT2D eigenvalue weighted by Gasteiger charge is 2.07. The van der Waals surface area contributed by atoms with Gasteiger partial charge in [0.1, 0.15) is 0 Å². The zero-order chi connectivity index (χ0) is 17.9. The highest BCUT2D eigenvalue weighted by Crippen LogP contribution is 2.21. The van der Waals surface area contributed by atoms with E-state index in [0.29, 0.717) is 0 Å². The Morgan fingerprint density at radius 1 is 1.17 bits per heavy atom. The molecule has 0 spiro atoms. The number of hydrogen-bond acceptors (Lipinski definition) is 1. The molecule has 1 rings (SSSR count). The van der Waals surface area contributed by atoms with E-state index >= 15 is 0 Å². The summed E-state index contributed by atoms with van der Waals surface area (Å²) in [6.45, 7) is 17.1. The summed E-state index contributed by atoms with van der Waals surface area (Å²) in [4.78, 5) is 0. The van der Waals surface area contributed by atoms with Crippen LogP contribution in [0.3, 0.4) is 0 Å². The van der Waals surface area contributed by atoms with Gasteiger partial charge in [0.2, 0.25) is 0 Å². The molecule has 1 aliphatic carbocycles. The molecule has 23 heavy (non-hydrogen) atoms. The quantitative estimate of drug-likeness (QED) is 0.471. The van der Waals surface area contributed by atoms with Crippen molar-refractivity contribution in [2.45, 2.75) is 87.0 Å². The molecule has 0 saturated heterocycles. The van der Waals surface area contributed by atoms with E-state index in [1.165, 1.54) is 38.5 Å². The molecular formula is C22H43N. The molecule has 1 unspecified atom stereocenters. The Morgan fingerprint density at radius 2 is 1.83 bits per heavy atom. The lowest BCUT2D eigenvalue weighted by atomic mass is 9.95. The van der Waals surface area contributed by atoms with Gasteiger partial charge in [-0.25, -0.2) is 0 Å². The van der Waals surface area contributed by atoms with Crippen molar-refractivity contribution in [3.63, 3.8) is 0 Å². The van der Waals surface area contributed by atoms with Crippen LogP contribution >= 0.6 is 0 Å². The fraction of sp³-hybridized carbons (Fsp3) is 0.727. The Bertz CT molecular complexity index is 319. The van der Waals surface area contributed by atoms with Crippen molar-refractivity contribution in [1.82, 2.24) is 5.32 Å². The Kier molecular flexibility index (Phi) is 20.4. The first kappa shape index (κ1) is 24.4. The van der Waals surface area contributed by atoms with Crippen molar-refractivity contribution in [1.29, 1.82) is 0 Å². The van der Waals surface area contributed by atoms with Crippen molar-refractivity contribution in [3.05, 3.63) is 35.5 Å². The van der Waals surface area contributed by atoms with E-state index in [0.717, 1.165) is 19.0 Å². The third-order valence-corrected chi connectivity index (χ3v) is 4.00. The molecule has 0 amide bonds. The summed E-state index contributed by atoms with van der Waals surface area (Å²) in [6.07, 6.45) is 16.4. The molecule has 1 nitrogen and oxygen atoms in total. The summed E-state index contributed by atoms with van der Waals surface area (Å²) >= 11 is 0. The second-order valence-corrected chi connectivity index (χ2v) is 5.97. The van der Waals surface area contributed by atoms with E-state index in [4.69, 9.17) is 0 Å². The minimum Gasteiger partial charge on any atom is -0.312 e. The third kappa shape index (κ3) is 14.5. The number of unbranched alkanes of at least 4 members (excludes halogenated alkanes) is 1. The lowest BCUT2D eigenvalue weighted by Crippen LogP contribution is -2.24. The lowest BCUT2D eigenvalue weighted by molar-refractivity contribution is 0.473. The molecule has 1 atom stereocenters. The predicted octanol–water partition coefficient (Wildman–Crippen LogP) is 7.07. The van der Waals surface area contributed by atoms with E-state index in [2.05, 4.69) is 38.2 Å². The highest BCUT2D eigenvalue weighted by molar-refractivity contribution is 5.30. The van der Waals surface area contributed by atoms with Gasteiger partial charge in [-0.15, -0.1) is 0 Å². The first-order valence-corrected chi connectivity index (χ1v) is 9.84. The second-order valence-electron chi connectivity index (χ2n) is 5.97. The third-order valence-electron chi connectivity index (χ3n) is 4.00. The van der Waals surface area contributed by atoms with Crippen LogP contribution in [-0.4, -0.2) is 13.1 Å². The number of hydrogen-bond donors (Lipinski definition) is 1. The summed E-state index contributed by atoms with van der Waals surface area (Å²) in [5.41, 5.74) is 3.20. The van der Waals surface area contributed by atoms with Crippen molar-refractivity contribution in [3.8, 4) is 0 Å². The van der Waals surface area contributed by atoms with Gasteiger partial charge in [-0.3, -0.25) is 0 Å². The van der Waals surface area contributed by atoms with Crippen LogP contribution in [-0.2, 0) is 0 Å². The average molecular weight is 322 g/mol. The maximum atomic E-state index is 3.62. The van der Waals surface area contributed by atoms with Gasteiger partial charge in [-0.1, -0.05) is 77.3 Å². The van der Waals surface area contributed by atoms with Gasteiger partial charge in [0.15, 0.2) is 0 Å². The molecule has 0 radical (unpaired) electrons. The van der Waals surface area contributed by atoms with Gasteiger partial charge in [0.25, 0.3) is 0 Å². The largest absolute Gasteiger partial charge is 0.312 e. The molecule has 0 fully saturated rings. The normalized spacial score (nSPS) is 14.9. The van der Waals surface area contributed by atoms with E-state index in [-0.39, 0.29) is 0 Å². The number of nitrogens with one attached hydrogen (secondary N) is 1. The van der Waals surface area contributed by atoms with Crippen molar-refractivity contribution in [2.24, 2.45) is 5.92 Å². The van der Waals surface area contributed by atoms with Crippen LogP contribution in [0.1, 0.15) is 87.0 Å². The van der Waals surface area contributed by atoms with E-state index in [1.807, 2.05) is 39.8 Å². The van der Waals surface area contributed by atoms with Crippen LogP contribution in [0, 0.1) is 5.92 Å². The summed E-state index contributed by atoms with van der Waals surface area (Å²) < 4.78 is 0. The molecule has 0 heterocycles. The molecular weight excluding hydrogens is 278 g/mol. The zero-order valence-electron chi connectivity index (χ0n) is 17.0. The van der Waals surface area contributed by atoms with Crippen LogP contribution in [0.4, 0.5) is 0 Å². The molecule has 0 aliphatic heterocycles. The smallest absolute Gasteiger partial charge is 0.0205 e. The molecule has 0 aromatic carbocycles. The minimum absolute atomic E-state index is 0.813. The molecule has 1 aliphatic rings. The molecule has 0 saturated carbocycles. The number of allylic oxidation sites excluding steroid dienone is 4. The predicted molar refractivity (Wildman–Crippen MR) is 109 cm³/mol. The Hall–Kier alpha value is -0.820. The molecule has 1 heteroatoms. The first-order valence-electron chi connectivity index (χ1n) is 9.84. The van der Waals surface area contributed by atoms with E-state index < -0.39 is 0 Å². The molecule has 0 aromatic heterocycles. The standard InChI is InChI=1S/C16H29N.C4H8.C2H6/c1-4-6-9-14(3)12-17-13-16-11-8-7-10-15(16)5-2;1-3-4-2;1-2/h8,11,14,17H,4-7,9-10,12-13H2,1-3H3;3-4H,1-2H3;1-2H3/b;4-3-;. The summed E-state index contributed by atoms with van der Waals surface area (Å²) in [6, 6.07) is 0. The van der Waals surface area contributed by atoms with Crippen molar-refractivity contribution >= 4 is 0 Å². The van der Waals surface area contributed by atoms with Crippen molar-refractivity contribution < 1.29 is 0 Å². The maximum Gasteiger partial charge on any atom is 0.0205 e. The van der Waals surface area contributed by atoms with Crippen LogP contribution in [0.5, 0.6) is 0 Å². The van der Waals surface area contributed by atoms with Crippen LogP contribution < -0.4 is 5.32 Å². The van der Waals surface area contributed by atoms with Crippen molar-refractivity contribution in [2.75, 3.05) is 13.1 Å². The Labute approximate surface area is 147 Å². The summed E-state index contributed by atoms with van der Waals surface area (Å²) in [5, 5.41) is 3.62. The minimum atomic E-state index is 0.813. The maximum absolute atomic E-state index is 3.62. The topological polar surface area (TPSA) is 12.0 Å². The molecule has 1 N–H and O–H groups in total. The molecule has 0 aromatic rings. The number of rotatable bonds is 8. The van der Waals surface area contributed by atoms with Gasteiger partial charge in [-0.05, 0) is 57.6 Å². The average Bonchev–Trinajstić information content (AvgIpc) is 2.62. The summed E-state index contributed by atoms with van der Waals surface area (Å²) in [5.74, 6) is 0.813. The molecule has 136 valence electrons. The van der Waals surface area contributed by atoms with E-state index in [9.17, 15) is 0 Å². The second kappa shape index (κ2) is 19.2. The molecule has 0 bridgehead atoms. The highest BCUT2D eigenvalue weighted by atomic mass is 14.9. The fourth-order valence-corrected chi connectivity index (χ4v) is 2.46. The van der Waals surface area contributed by atoms with Crippen LogP contribution in [0.25, 0.3) is 0 Å². The first-order chi connectivity index (χ1) is 11.2. The Morgan fingerprint density at radius 3 is 2.35 bits per heavy atom. The monoisotopic (exact) mass is 321 g/mol. The van der Waals surface area contributed by atoms with E-state index in [1.54, 1.807) is 11.1 Å². The van der Waals surface area contributed by atoms with Gasteiger partial charge in [0.05, 0.1) is 0 Å². The fourth-order valence-electron chi connectivity index (χ4n) is 2.46. The van der Waals surface area contributed by atoms with Gasteiger partial charge >= 0.3 is 0 Å². The SMILES string of the molecule is C/C=C\C.CC.CCCCC(C)CNCC1=C(CC)CCC=C1. The van der Waals surface area contributed by atoms with Gasteiger partial charge in [0, 0.05) is 6.54 Å². The van der Waals surface area contributed by atoms with Crippen LogP contribution in [0.15, 0.2) is 35.5 Å². The Balaban J connectivity index is 0. The lowest BCUT2D eigenvalue weighted by Gasteiger charge is -2.17. The van der Waals surface area contributed by atoms with Crippen LogP contribution in [0.2, 0.25) is 0 Å². The summed E-state index contributed by atoms with van der Waals surface area (Å²) in [7, 11) is 0.